The zero-order valence-electron chi connectivity index (χ0n) is 9.76. The second kappa shape index (κ2) is 6.35. The number of rotatable bonds is 5. The van der Waals surface area contributed by atoms with E-state index in [-0.39, 0.29) is 11.5 Å². The molecule has 0 fully saturated rings. The van der Waals surface area contributed by atoms with Crippen LogP contribution in [0.15, 0.2) is 23.8 Å². The number of aliphatic carboxylic acids is 1. The summed E-state index contributed by atoms with van der Waals surface area (Å²) in [7, 11) is 1.25. The molecule has 1 aromatic rings. The van der Waals surface area contributed by atoms with E-state index in [1.807, 2.05) is 0 Å². The number of carboxylic acids is 1. The SMILES string of the molecule is COc1cc(/C=C(\C#N)C(=O)O)ccc1OC(F)F. The summed E-state index contributed by atoms with van der Waals surface area (Å²) >= 11 is 0. The number of benzene rings is 1. The second-order valence-electron chi connectivity index (χ2n) is 3.26. The molecule has 0 aromatic heterocycles. The van der Waals surface area contributed by atoms with E-state index in [0.717, 1.165) is 6.08 Å². The maximum Gasteiger partial charge on any atom is 0.387 e. The van der Waals surface area contributed by atoms with Gasteiger partial charge < -0.3 is 14.6 Å². The van der Waals surface area contributed by atoms with E-state index in [2.05, 4.69) is 4.74 Å². The van der Waals surface area contributed by atoms with Crippen molar-refractivity contribution in [3.05, 3.63) is 29.3 Å². The predicted octanol–water partition coefficient (Wildman–Crippen LogP) is 2.29. The van der Waals surface area contributed by atoms with Crippen LogP contribution in [0.5, 0.6) is 11.5 Å². The quantitative estimate of drug-likeness (QED) is 0.655. The van der Waals surface area contributed by atoms with E-state index >= 15 is 0 Å². The maximum atomic E-state index is 12.1. The lowest BCUT2D eigenvalue weighted by molar-refractivity contribution is -0.132. The Bertz CT molecular complexity index is 549. The molecular weight excluding hydrogens is 260 g/mol. The average molecular weight is 269 g/mol. The Morgan fingerprint density at radius 2 is 2.16 bits per heavy atom. The van der Waals surface area contributed by atoms with Gasteiger partial charge in [0, 0.05) is 0 Å². The highest BCUT2D eigenvalue weighted by Crippen LogP contribution is 2.30. The van der Waals surface area contributed by atoms with Gasteiger partial charge >= 0.3 is 12.6 Å². The van der Waals surface area contributed by atoms with Gasteiger partial charge in [-0.25, -0.2) is 4.79 Å². The number of hydrogen-bond acceptors (Lipinski definition) is 4. The third-order valence-electron chi connectivity index (χ3n) is 2.07. The van der Waals surface area contributed by atoms with Crippen LogP contribution in [-0.4, -0.2) is 24.8 Å². The van der Waals surface area contributed by atoms with Crippen LogP contribution >= 0.6 is 0 Å². The van der Waals surface area contributed by atoms with Crippen molar-refractivity contribution < 1.29 is 28.2 Å². The summed E-state index contributed by atoms with van der Waals surface area (Å²) in [6, 6.07) is 5.33. The minimum atomic E-state index is -3.00. The largest absolute Gasteiger partial charge is 0.493 e. The Labute approximate surface area is 107 Å². The molecule has 0 aliphatic rings. The second-order valence-corrected chi connectivity index (χ2v) is 3.26. The topological polar surface area (TPSA) is 79.5 Å². The summed E-state index contributed by atoms with van der Waals surface area (Å²) in [6.07, 6.45) is 1.09. The van der Waals surface area contributed by atoms with Crippen molar-refractivity contribution in [2.24, 2.45) is 0 Å². The highest BCUT2D eigenvalue weighted by molar-refractivity contribution is 5.96. The molecule has 7 heteroatoms. The Morgan fingerprint density at radius 1 is 1.47 bits per heavy atom. The van der Waals surface area contributed by atoms with Gasteiger partial charge in [-0.05, 0) is 23.8 Å². The van der Waals surface area contributed by atoms with Gasteiger partial charge in [-0.1, -0.05) is 6.07 Å². The monoisotopic (exact) mass is 269 g/mol. The third-order valence-corrected chi connectivity index (χ3v) is 2.07. The summed E-state index contributed by atoms with van der Waals surface area (Å²) < 4.78 is 33.2. The number of carboxylic acid groups (broad SMARTS) is 1. The first-order valence-electron chi connectivity index (χ1n) is 4.96. The summed E-state index contributed by atoms with van der Waals surface area (Å²) in [5.41, 5.74) is -0.165. The lowest BCUT2D eigenvalue weighted by Gasteiger charge is -2.10. The number of alkyl halides is 2. The minimum absolute atomic E-state index is 0.0109. The van der Waals surface area contributed by atoms with Crippen LogP contribution in [0.3, 0.4) is 0 Å². The lowest BCUT2D eigenvalue weighted by atomic mass is 10.1. The van der Waals surface area contributed by atoms with Crippen molar-refractivity contribution >= 4 is 12.0 Å². The van der Waals surface area contributed by atoms with Crippen LogP contribution in [0.25, 0.3) is 6.08 Å². The Morgan fingerprint density at radius 3 is 2.63 bits per heavy atom. The van der Waals surface area contributed by atoms with E-state index in [1.165, 1.54) is 31.4 Å². The normalized spacial score (nSPS) is 11.0. The van der Waals surface area contributed by atoms with Gasteiger partial charge in [0.25, 0.3) is 0 Å². The van der Waals surface area contributed by atoms with E-state index in [1.54, 1.807) is 0 Å². The molecule has 0 atom stereocenters. The number of carbonyl (C=O) groups is 1. The van der Waals surface area contributed by atoms with Gasteiger partial charge in [0.1, 0.15) is 11.6 Å². The average Bonchev–Trinajstić information content (AvgIpc) is 2.36. The van der Waals surface area contributed by atoms with Crippen molar-refractivity contribution in [3.8, 4) is 17.6 Å². The molecule has 5 nitrogen and oxygen atoms in total. The molecule has 0 amide bonds. The van der Waals surface area contributed by atoms with Crippen LogP contribution in [-0.2, 0) is 4.79 Å². The third kappa shape index (κ3) is 3.96. The molecule has 1 aromatic carbocycles. The van der Waals surface area contributed by atoms with Crippen molar-refractivity contribution in [2.45, 2.75) is 6.61 Å². The van der Waals surface area contributed by atoms with Gasteiger partial charge in [-0.3, -0.25) is 0 Å². The Balaban J connectivity index is 3.14. The molecule has 100 valence electrons. The fourth-order valence-electron chi connectivity index (χ4n) is 1.28. The molecule has 0 saturated carbocycles. The van der Waals surface area contributed by atoms with Crippen LogP contribution in [0.4, 0.5) is 8.78 Å². The van der Waals surface area contributed by atoms with E-state index < -0.39 is 18.2 Å². The molecule has 0 unspecified atom stereocenters. The summed E-state index contributed by atoms with van der Waals surface area (Å²) in [6.45, 7) is -3.00. The number of nitriles is 1. The molecule has 0 saturated heterocycles. The molecule has 19 heavy (non-hydrogen) atoms. The molecule has 0 radical (unpaired) electrons. The zero-order valence-corrected chi connectivity index (χ0v) is 9.76. The number of methoxy groups -OCH3 is 1. The fraction of sp³-hybridized carbons (Fsp3) is 0.167. The van der Waals surface area contributed by atoms with Crippen LogP contribution in [0, 0.1) is 11.3 Å². The molecule has 1 N–H and O–H groups in total. The Hall–Kier alpha value is -2.62. The summed E-state index contributed by atoms with van der Waals surface area (Å²) in [5, 5.41) is 17.3. The molecule has 1 rings (SSSR count). The zero-order chi connectivity index (χ0) is 14.4. The number of ether oxygens (including phenoxy) is 2. The van der Waals surface area contributed by atoms with E-state index in [0.29, 0.717) is 5.56 Å². The highest BCUT2D eigenvalue weighted by atomic mass is 19.3. The number of nitrogens with zero attached hydrogens (tertiary/aromatic N) is 1. The van der Waals surface area contributed by atoms with Gasteiger partial charge in [0.15, 0.2) is 11.5 Å². The summed E-state index contributed by atoms with van der Waals surface area (Å²) in [4.78, 5) is 10.7. The first-order valence-corrected chi connectivity index (χ1v) is 4.96. The van der Waals surface area contributed by atoms with Gasteiger partial charge in [0.2, 0.25) is 0 Å². The van der Waals surface area contributed by atoms with Gasteiger partial charge in [-0.2, -0.15) is 14.0 Å². The lowest BCUT2D eigenvalue weighted by Crippen LogP contribution is -2.03. The smallest absolute Gasteiger partial charge is 0.387 e. The minimum Gasteiger partial charge on any atom is -0.493 e. The molecule has 0 aliphatic heterocycles. The van der Waals surface area contributed by atoms with Crippen molar-refractivity contribution in [3.63, 3.8) is 0 Å². The molecule has 0 aliphatic carbocycles. The van der Waals surface area contributed by atoms with E-state index in [9.17, 15) is 13.6 Å². The van der Waals surface area contributed by atoms with Crippen LogP contribution in [0.2, 0.25) is 0 Å². The van der Waals surface area contributed by atoms with Crippen molar-refractivity contribution in [1.82, 2.24) is 0 Å². The number of hydrogen-bond donors (Lipinski definition) is 1. The summed E-state index contributed by atoms with van der Waals surface area (Å²) in [5.74, 6) is -1.55. The van der Waals surface area contributed by atoms with Crippen LogP contribution in [0.1, 0.15) is 5.56 Å². The molecule has 0 heterocycles. The van der Waals surface area contributed by atoms with Crippen molar-refractivity contribution in [2.75, 3.05) is 7.11 Å². The predicted molar refractivity (Wildman–Crippen MR) is 60.9 cm³/mol. The Kier molecular flexibility index (Phi) is 4.83. The van der Waals surface area contributed by atoms with Crippen LogP contribution < -0.4 is 9.47 Å². The highest BCUT2D eigenvalue weighted by Gasteiger charge is 2.12. The first-order chi connectivity index (χ1) is 8.97. The first kappa shape index (κ1) is 14.4. The van der Waals surface area contributed by atoms with Crippen molar-refractivity contribution in [1.29, 1.82) is 5.26 Å². The fourth-order valence-corrected chi connectivity index (χ4v) is 1.28. The van der Waals surface area contributed by atoms with E-state index in [4.69, 9.17) is 15.1 Å². The maximum absolute atomic E-state index is 12.1. The number of halogens is 2. The van der Waals surface area contributed by atoms with Gasteiger partial charge in [0.05, 0.1) is 7.11 Å². The van der Waals surface area contributed by atoms with Gasteiger partial charge in [-0.15, -0.1) is 0 Å². The molecule has 0 bridgehead atoms. The standard InChI is InChI=1S/C12H9F2NO4/c1-18-10-5-7(4-8(6-15)11(16)17)2-3-9(10)19-12(13)14/h2-5,12H,1H3,(H,16,17)/b8-4+. The molecule has 0 spiro atoms. The molecular formula is C12H9F2NO4.